The van der Waals surface area contributed by atoms with Crippen LogP contribution >= 0.6 is 11.8 Å². The van der Waals surface area contributed by atoms with Crippen molar-refractivity contribution in [2.75, 3.05) is 20.4 Å². The molecule has 0 spiro atoms. The van der Waals surface area contributed by atoms with Gasteiger partial charge in [-0.05, 0) is 26.0 Å². The van der Waals surface area contributed by atoms with Gasteiger partial charge in [0.05, 0.1) is 4.75 Å². The highest BCUT2D eigenvalue weighted by Crippen LogP contribution is 2.55. The number of aromatic nitrogens is 2. The van der Waals surface area contributed by atoms with E-state index in [1.54, 1.807) is 18.7 Å². The van der Waals surface area contributed by atoms with Crippen molar-refractivity contribution < 1.29 is 17.4 Å². The normalized spacial score (nSPS) is 17.1. The Morgan fingerprint density at radius 1 is 1.36 bits per heavy atom. The summed E-state index contributed by atoms with van der Waals surface area (Å²) in [6.45, 7) is 1.60. The average Bonchev–Trinajstić information content (AvgIpc) is 2.92. The van der Waals surface area contributed by atoms with Crippen LogP contribution in [0.25, 0.3) is 11.7 Å². The van der Waals surface area contributed by atoms with Gasteiger partial charge in [-0.15, -0.1) is 0 Å². The van der Waals surface area contributed by atoms with E-state index in [0.29, 0.717) is 11.6 Å². The number of furan rings is 1. The standard InChI is InChI=1S/C13H17N3O4S2/c1-8-10(22(17,18)16(2)3)7-9(19-8)11-14-12(15-20-11)13(21-4)5-6-13/h7H,5-6H2,1-4H3. The lowest BCUT2D eigenvalue weighted by Gasteiger charge is -2.09. The van der Waals surface area contributed by atoms with Gasteiger partial charge in [-0.3, -0.25) is 0 Å². The van der Waals surface area contributed by atoms with Gasteiger partial charge >= 0.3 is 0 Å². The number of rotatable bonds is 5. The number of aryl methyl sites for hydroxylation is 1. The smallest absolute Gasteiger partial charge is 0.293 e. The zero-order valence-corrected chi connectivity index (χ0v) is 14.4. The van der Waals surface area contributed by atoms with Crippen molar-refractivity contribution in [2.45, 2.75) is 29.4 Å². The van der Waals surface area contributed by atoms with E-state index in [2.05, 4.69) is 10.1 Å². The maximum Gasteiger partial charge on any atom is 0.293 e. The molecule has 1 saturated carbocycles. The van der Waals surface area contributed by atoms with Gasteiger partial charge in [0.15, 0.2) is 11.6 Å². The molecule has 0 saturated heterocycles. The van der Waals surface area contributed by atoms with Crippen LogP contribution in [0.3, 0.4) is 0 Å². The summed E-state index contributed by atoms with van der Waals surface area (Å²) in [5.74, 6) is 1.42. The molecule has 0 aromatic carbocycles. The number of thioether (sulfide) groups is 1. The first-order chi connectivity index (χ1) is 10.3. The van der Waals surface area contributed by atoms with Crippen molar-refractivity contribution in [3.8, 4) is 11.7 Å². The minimum absolute atomic E-state index is 0.0536. The van der Waals surface area contributed by atoms with E-state index >= 15 is 0 Å². The van der Waals surface area contributed by atoms with E-state index in [1.165, 1.54) is 20.2 Å². The van der Waals surface area contributed by atoms with Crippen LogP contribution in [0.5, 0.6) is 0 Å². The molecule has 0 amide bonds. The summed E-state index contributed by atoms with van der Waals surface area (Å²) < 4.78 is 36.3. The Balaban J connectivity index is 1.98. The van der Waals surface area contributed by atoms with Gasteiger partial charge in [-0.25, -0.2) is 12.7 Å². The lowest BCUT2D eigenvalue weighted by atomic mass is 10.4. The lowest BCUT2D eigenvalue weighted by Crippen LogP contribution is -2.22. The first-order valence-corrected chi connectivity index (χ1v) is 9.39. The van der Waals surface area contributed by atoms with Crippen LogP contribution in [0.15, 0.2) is 19.9 Å². The highest BCUT2D eigenvalue weighted by molar-refractivity contribution is 7.99. The molecular weight excluding hydrogens is 326 g/mol. The summed E-state index contributed by atoms with van der Waals surface area (Å²) in [5, 5.41) is 4.01. The molecule has 0 bridgehead atoms. The van der Waals surface area contributed by atoms with Gasteiger partial charge < -0.3 is 8.94 Å². The second-order valence-corrected chi connectivity index (χ2v) is 8.75. The summed E-state index contributed by atoms with van der Waals surface area (Å²) in [6, 6.07) is 1.43. The molecule has 1 aliphatic carbocycles. The molecule has 2 aromatic heterocycles. The first kappa shape index (κ1) is 15.6. The van der Waals surface area contributed by atoms with Gasteiger partial charge in [-0.2, -0.15) is 16.7 Å². The third-order valence-corrected chi connectivity index (χ3v) is 7.06. The predicted molar refractivity (Wildman–Crippen MR) is 82.0 cm³/mol. The molecule has 2 aromatic rings. The van der Waals surface area contributed by atoms with Crippen molar-refractivity contribution in [1.29, 1.82) is 0 Å². The highest BCUT2D eigenvalue weighted by atomic mass is 32.2. The van der Waals surface area contributed by atoms with Gasteiger partial charge in [-0.1, -0.05) is 5.16 Å². The molecule has 9 heteroatoms. The molecule has 22 heavy (non-hydrogen) atoms. The molecule has 0 radical (unpaired) electrons. The summed E-state index contributed by atoms with van der Waals surface area (Å²) in [4.78, 5) is 4.48. The molecular formula is C13H17N3O4S2. The number of hydrogen-bond acceptors (Lipinski definition) is 7. The Morgan fingerprint density at radius 2 is 2.05 bits per heavy atom. The monoisotopic (exact) mass is 343 g/mol. The Kier molecular flexibility index (Phi) is 3.61. The summed E-state index contributed by atoms with van der Waals surface area (Å²) >= 11 is 1.70. The van der Waals surface area contributed by atoms with Crippen LogP contribution < -0.4 is 0 Å². The second-order valence-electron chi connectivity index (χ2n) is 5.44. The summed E-state index contributed by atoms with van der Waals surface area (Å²) in [7, 11) is -0.615. The zero-order valence-electron chi connectivity index (χ0n) is 12.8. The van der Waals surface area contributed by atoms with E-state index in [9.17, 15) is 8.42 Å². The molecule has 0 atom stereocenters. The fourth-order valence-electron chi connectivity index (χ4n) is 2.16. The molecule has 0 N–H and O–H groups in total. The Morgan fingerprint density at radius 3 is 2.59 bits per heavy atom. The van der Waals surface area contributed by atoms with Crippen molar-refractivity contribution in [3.05, 3.63) is 17.7 Å². The minimum Gasteiger partial charge on any atom is -0.455 e. The third-order valence-electron chi connectivity index (χ3n) is 3.77. The third kappa shape index (κ3) is 2.37. The van der Waals surface area contributed by atoms with E-state index in [1.807, 2.05) is 6.26 Å². The van der Waals surface area contributed by atoms with Gasteiger partial charge in [0.25, 0.3) is 5.89 Å². The minimum atomic E-state index is -3.56. The molecule has 1 fully saturated rings. The topological polar surface area (TPSA) is 89.4 Å². The predicted octanol–water partition coefficient (Wildman–Crippen LogP) is 2.24. The molecule has 3 rings (SSSR count). The zero-order chi connectivity index (χ0) is 16.1. The van der Waals surface area contributed by atoms with Crippen LogP contribution in [0, 0.1) is 6.92 Å². The van der Waals surface area contributed by atoms with Crippen molar-refractivity contribution in [3.63, 3.8) is 0 Å². The molecule has 0 unspecified atom stereocenters. The Labute approximate surface area is 133 Å². The Bertz CT molecular complexity index is 803. The van der Waals surface area contributed by atoms with E-state index in [0.717, 1.165) is 17.1 Å². The largest absolute Gasteiger partial charge is 0.455 e. The first-order valence-electron chi connectivity index (χ1n) is 6.73. The lowest BCUT2D eigenvalue weighted by molar-refractivity contribution is 0.405. The maximum absolute atomic E-state index is 12.2. The highest BCUT2D eigenvalue weighted by Gasteiger charge is 2.48. The maximum atomic E-state index is 12.2. The van der Waals surface area contributed by atoms with Crippen molar-refractivity contribution in [2.24, 2.45) is 0 Å². The van der Waals surface area contributed by atoms with Crippen LogP contribution in [-0.2, 0) is 14.8 Å². The van der Waals surface area contributed by atoms with Crippen LogP contribution in [0.1, 0.15) is 24.4 Å². The Hall–Kier alpha value is -1.32. The van der Waals surface area contributed by atoms with E-state index < -0.39 is 10.0 Å². The SMILES string of the molecule is CSC1(c2noc(-c3cc(S(=O)(=O)N(C)C)c(C)o3)n2)CC1. The van der Waals surface area contributed by atoms with Gasteiger partial charge in [0.2, 0.25) is 10.0 Å². The molecule has 0 aliphatic heterocycles. The fourth-order valence-corrected chi connectivity index (χ4v) is 3.99. The van der Waals surface area contributed by atoms with E-state index in [-0.39, 0.29) is 21.3 Å². The van der Waals surface area contributed by atoms with Gasteiger partial charge in [0, 0.05) is 20.2 Å². The fraction of sp³-hybridized carbons (Fsp3) is 0.538. The van der Waals surface area contributed by atoms with E-state index in [4.69, 9.17) is 8.94 Å². The second kappa shape index (κ2) is 5.10. The molecule has 2 heterocycles. The van der Waals surface area contributed by atoms with Crippen molar-refractivity contribution >= 4 is 21.8 Å². The van der Waals surface area contributed by atoms with Crippen molar-refractivity contribution in [1.82, 2.24) is 14.4 Å². The number of nitrogens with zero attached hydrogens (tertiary/aromatic N) is 3. The summed E-state index contributed by atoms with van der Waals surface area (Å²) in [6.07, 6.45) is 4.05. The van der Waals surface area contributed by atoms with Crippen LogP contribution in [-0.4, -0.2) is 43.2 Å². The molecule has 7 nitrogen and oxygen atoms in total. The summed E-state index contributed by atoms with van der Waals surface area (Å²) in [5.41, 5.74) is 0. The molecule has 1 aliphatic rings. The average molecular weight is 343 g/mol. The number of sulfonamides is 1. The number of hydrogen-bond donors (Lipinski definition) is 0. The quantitative estimate of drug-likeness (QED) is 0.822. The van der Waals surface area contributed by atoms with Crippen LogP contribution in [0.2, 0.25) is 0 Å². The van der Waals surface area contributed by atoms with Gasteiger partial charge in [0.1, 0.15) is 10.7 Å². The van der Waals surface area contributed by atoms with Crippen LogP contribution in [0.4, 0.5) is 0 Å². The molecule has 120 valence electrons.